The Kier molecular flexibility index (Phi) is 6.61. The number of sulfone groups is 1. The fourth-order valence-electron chi connectivity index (χ4n) is 8.62. The van der Waals surface area contributed by atoms with Gasteiger partial charge in [-0.05, 0) is 82.0 Å². The van der Waals surface area contributed by atoms with Crippen LogP contribution in [0.1, 0.15) is 86.4 Å². The van der Waals surface area contributed by atoms with E-state index in [4.69, 9.17) is 9.26 Å². The first kappa shape index (κ1) is 25.5. The van der Waals surface area contributed by atoms with Gasteiger partial charge in [0.2, 0.25) is 0 Å². The molecule has 3 unspecified atom stereocenters. The van der Waals surface area contributed by atoms with E-state index in [1.54, 1.807) is 6.07 Å². The monoisotopic (exact) mass is 546 g/mol. The molecular formula is C28H42N4O5S. The highest BCUT2D eigenvalue weighted by Crippen LogP contribution is 2.70. The maximum atomic E-state index is 13.9. The molecule has 5 aliphatic carbocycles. The normalized spacial score (nSPS) is 39.1. The van der Waals surface area contributed by atoms with Crippen LogP contribution in [0.4, 0.5) is 0 Å². The van der Waals surface area contributed by atoms with Crippen molar-refractivity contribution in [3.63, 3.8) is 0 Å². The van der Waals surface area contributed by atoms with Crippen LogP contribution in [0.2, 0.25) is 0 Å². The molecule has 5 saturated carbocycles. The number of aromatic nitrogens is 1. The predicted octanol–water partition coefficient (Wildman–Crippen LogP) is 2.49. The molecular weight excluding hydrogens is 504 g/mol. The largest absolute Gasteiger partial charge is 0.379 e. The molecule has 1 aromatic heterocycles. The van der Waals surface area contributed by atoms with Gasteiger partial charge >= 0.3 is 0 Å². The Balaban J connectivity index is 0.885. The van der Waals surface area contributed by atoms with Crippen molar-refractivity contribution in [3.05, 3.63) is 17.5 Å². The van der Waals surface area contributed by atoms with Crippen LogP contribution in [0.25, 0.3) is 0 Å². The van der Waals surface area contributed by atoms with Gasteiger partial charge in [-0.15, -0.1) is 0 Å². The third-order valence-corrected chi connectivity index (χ3v) is 13.8. The lowest BCUT2D eigenvalue weighted by atomic mass is 9.42. The first-order valence-electron chi connectivity index (χ1n) is 15.0. The minimum Gasteiger partial charge on any atom is -0.379 e. The summed E-state index contributed by atoms with van der Waals surface area (Å²) in [4.78, 5) is 15.2. The van der Waals surface area contributed by atoms with Gasteiger partial charge in [-0.2, -0.15) is 0 Å². The molecule has 5 atom stereocenters. The van der Waals surface area contributed by atoms with Crippen molar-refractivity contribution in [2.45, 2.75) is 92.2 Å². The van der Waals surface area contributed by atoms with E-state index in [0.29, 0.717) is 35.4 Å². The van der Waals surface area contributed by atoms with E-state index in [9.17, 15) is 13.2 Å². The molecule has 7 rings (SSSR count). The Bertz CT molecular complexity index is 1120. The van der Waals surface area contributed by atoms with Gasteiger partial charge in [0.25, 0.3) is 5.91 Å². The summed E-state index contributed by atoms with van der Waals surface area (Å²) >= 11 is 0. The van der Waals surface area contributed by atoms with Crippen LogP contribution in [-0.4, -0.2) is 85.9 Å². The van der Waals surface area contributed by atoms with Crippen molar-refractivity contribution in [2.24, 2.45) is 17.8 Å². The maximum Gasteiger partial charge on any atom is 0.273 e. The highest BCUT2D eigenvalue weighted by Gasteiger charge is 2.73. The van der Waals surface area contributed by atoms with Crippen molar-refractivity contribution >= 4 is 15.7 Å². The van der Waals surface area contributed by atoms with Gasteiger partial charge in [0.1, 0.15) is 5.76 Å². The summed E-state index contributed by atoms with van der Waals surface area (Å²) in [6.45, 7) is 5.67. The molecule has 38 heavy (non-hydrogen) atoms. The molecule has 1 aromatic rings. The Morgan fingerprint density at radius 2 is 1.74 bits per heavy atom. The third-order valence-electron chi connectivity index (χ3n) is 10.7. The SMILES string of the molecule is O=C(NC1C[C@@H]2CC3(S(=O)(=O)C4CCC(NCCN5CCOCC5)CC4)C[C@H](C1)C23)c1cc(C2CC2)on1. The molecule has 0 aromatic carbocycles. The summed E-state index contributed by atoms with van der Waals surface area (Å²) in [6, 6.07) is 2.33. The molecule has 10 heteroatoms. The minimum atomic E-state index is -3.13. The lowest BCUT2D eigenvalue weighted by Gasteiger charge is -2.70. The van der Waals surface area contributed by atoms with Crippen molar-refractivity contribution in [2.75, 3.05) is 39.4 Å². The Morgan fingerprint density at radius 1 is 1.03 bits per heavy atom. The first-order chi connectivity index (χ1) is 18.4. The second-order valence-electron chi connectivity index (χ2n) is 13.0. The molecule has 2 N–H and O–H groups in total. The minimum absolute atomic E-state index is 0.106. The van der Waals surface area contributed by atoms with E-state index in [1.165, 1.54) is 0 Å². The van der Waals surface area contributed by atoms with Gasteiger partial charge < -0.3 is 19.9 Å². The van der Waals surface area contributed by atoms with Gasteiger partial charge in [-0.25, -0.2) is 8.42 Å². The average Bonchev–Trinajstić information content (AvgIpc) is 3.62. The summed E-state index contributed by atoms with van der Waals surface area (Å²) in [5, 5.41) is 10.7. The second-order valence-corrected chi connectivity index (χ2v) is 15.5. The number of morpholine rings is 1. The molecule has 2 heterocycles. The molecule has 0 bridgehead atoms. The number of rotatable bonds is 9. The number of nitrogens with zero attached hydrogens (tertiary/aromatic N) is 2. The average molecular weight is 547 g/mol. The molecule has 210 valence electrons. The van der Waals surface area contributed by atoms with Crippen LogP contribution >= 0.6 is 0 Å². The van der Waals surface area contributed by atoms with Crippen LogP contribution in [0.5, 0.6) is 0 Å². The summed E-state index contributed by atoms with van der Waals surface area (Å²) < 4.78 is 38.1. The number of hydrogen-bond acceptors (Lipinski definition) is 8. The second kappa shape index (κ2) is 9.85. The number of ether oxygens (including phenoxy) is 1. The quantitative estimate of drug-likeness (QED) is 0.486. The van der Waals surface area contributed by atoms with E-state index in [0.717, 1.165) is 109 Å². The van der Waals surface area contributed by atoms with E-state index in [-0.39, 0.29) is 17.2 Å². The highest BCUT2D eigenvalue weighted by atomic mass is 32.2. The maximum absolute atomic E-state index is 13.9. The molecule has 0 spiro atoms. The number of carbonyl (C=O) groups excluding carboxylic acids is 1. The zero-order chi connectivity index (χ0) is 25.9. The molecule has 0 radical (unpaired) electrons. The molecule has 1 aliphatic heterocycles. The van der Waals surface area contributed by atoms with Gasteiger partial charge in [0.05, 0.1) is 23.2 Å². The molecule has 1 amide bonds. The zero-order valence-corrected chi connectivity index (χ0v) is 23.1. The Morgan fingerprint density at radius 3 is 2.42 bits per heavy atom. The van der Waals surface area contributed by atoms with Crippen LogP contribution in [0.15, 0.2) is 10.6 Å². The Labute approximate surface area is 225 Å². The van der Waals surface area contributed by atoms with Gasteiger partial charge in [-0.1, -0.05) is 5.16 Å². The zero-order valence-electron chi connectivity index (χ0n) is 22.3. The van der Waals surface area contributed by atoms with Crippen LogP contribution < -0.4 is 10.6 Å². The molecule has 9 nitrogen and oxygen atoms in total. The fourth-order valence-corrected chi connectivity index (χ4v) is 11.8. The number of amides is 1. The number of nitrogens with one attached hydrogen (secondary N) is 2. The first-order valence-corrected chi connectivity index (χ1v) is 16.5. The van der Waals surface area contributed by atoms with E-state index in [2.05, 4.69) is 20.7 Å². The van der Waals surface area contributed by atoms with Crippen molar-refractivity contribution in [3.8, 4) is 0 Å². The van der Waals surface area contributed by atoms with Crippen molar-refractivity contribution in [1.82, 2.24) is 20.7 Å². The highest BCUT2D eigenvalue weighted by molar-refractivity contribution is 7.93. The van der Waals surface area contributed by atoms with Crippen molar-refractivity contribution in [1.29, 1.82) is 0 Å². The topological polar surface area (TPSA) is 114 Å². The lowest BCUT2D eigenvalue weighted by molar-refractivity contribution is -0.106. The van der Waals surface area contributed by atoms with Gasteiger partial charge in [0, 0.05) is 50.2 Å². The van der Waals surface area contributed by atoms with E-state index in [1.807, 2.05) is 0 Å². The number of carbonyl (C=O) groups is 1. The molecule has 1 saturated heterocycles. The van der Waals surface area contributed by atoms with Crippen LogP contribution in [0, 0.1) is 17.8 Å². The summed E-state index contributed by atoms with van der Waals surface area (Å²) in [7, 11) is -3.13. The lowest BCUT2D eigenvalue weighted by Crippen LogP contribution is -2.74. The summed E-state index contributed by atoms with van der Waals surface area (Å²) in [5.74, 6) is 2.24. The van der Waals surface area contributed by atoms with E-state index < -0.39 is 14.6 Å². The molecule has 6 fully saturated rings. The fraction of sp³-hybridized carbons (Fsp3) is 0.857. The Hall–Kier alpha value is -1.49. The van der Waals surface area contributed by atoms with E-state index >= 15 is 0 Å². The van der Waals surface area contributed by atoms with Gasteiger partial charge in [0.15, 0.2) is 15.5 Å². The summed E-state index contributed by atoms with van der Waals surface area (Å²) in [6.07, 6.45) is 9.07. The molecule has 6 aliphatic rings. The predicted molar refractivity (Wildman–Crippen MR) is 142 cm³/mol. The number of hydrogen-bond donors (Lipinski definition) is 2. The third kappa shape index (κ3) is 4.43. The van der Waals surface area contributed by atoms with Crippen LogP contribution in [0.3, 0.4) is 0 Å². The summed E-state index contributed by atoms with van der Waals surface area (Å²) in [5.41, 5.74) is 0.374. The smallest absolute Gasteiger partial charge is 0.273 e. The standard InChI is InChI=1S/C28H42N4O5S/c33-27(24-15-25(37-31-24)18-1-2-18)30-22-13-19-16-28(17-20(14-22)26(19)28)38(34,35)23-5-3-21(4-6-23)29-7-8-32-9-11-36-12-10-32/h15,18-23,26,29H,1-14,16-17H2,(H,30,33)/t19-,20+,21?,22?,23?,26?,28?. The van der Waals surface area contributed by atoms with Gasteiger partial charge in [-0.3, -0.25) is 9.69 Å². The van der Waals surface area contributed by atoms with Crippen LogP contribution in [-0.2, 0) is 14.6 Å². The van der Waals surface area contributed by atoms with Crippen molar-refractivity contribution < 1.29 is 22.5 Å².